The molecule has 0 spiro atoms. The molecule has 1 atom stereocenters. The van der Waals surface area contributed by atoms with Crippen molar-refractivity contribution in [1.82, 2.24) is 15.3 Å². The molecule has 3 aliphatic rings. The third-order valence-electron chi connectivity index (χ3n) is 4.84. The largest absolute Gasteiger partial charge is 0.484 e. The molecule has 29 heavy (non-hydrogen) atoms. The number of rotatable bonds is 2. The highest BCUT2D eigenvalue weighted by atomic mass is 16.6. The molecular formula is C19H32N6O4. The second-order valence-corrected chi connectivity index (χ2v) is 8.39. The van der Waals surface area contributed by atoms with Gasteiger partial charge in [-0.25, -0.2) is 4.79 Å². The minimum Gasteiger partial charge on any atom is -0.484 e. The Hall–Kier alpha value is -2.49. The summed E-state index contributed by atoms with van der Waals surface area (Å²) >= 11 is 0. The molecular weight excluding hydrogens is 376 g/mol. The number of nitrogen functional groups attached to an aromatic ring is 1. The molecule has 2 fully saturated rings. The average molecular weight is 409 g/mol. The van der Waals surface area contributed by atoms with E-state index in [0.29, 0.717) is 18.5 Å². The number of nitrogens with one attached hydrogen (secondary N) is 2. The number of alkyl carbamates (subject to hydrolysis) is 1. The van der Waals surface area contributed by atoms with Gasteiger partial charge in [-0.05, 0) is 33.6 Å². The van der Waals surface area contributed by atoms with Crippen LogP contribution in [0.4, 0.5) is 22.4 Å². The van der Waals surface area contributed by atoms with Crippen LogP contribution in [0.1, 0.15) is 33.6 Å². The van der Waals surface area contributed by atoms with Gasteiger partial charge in [-0.2, -0.15) is 9.97 Å². The molecule has 0 aliphatic carbocycles. The van der Waals surface area contributed by atoms with Crippen LogP contribution in [0.5, 0.6) is 5.75 Å². The number of carbonyl (C=O) groups excluding carboxylic acids is 1. The second-order valence-electron chi connectivity index (χ2n) is 8.39. The Bertz CT molecular complexity index is 713. The van der Waals surface area contributed by atoms with Crippen molar-refractivity contribution >= 4 is 23.7 Å². The number of amides is 1. The standard InChI is InChI=1S/C13H19N5O2.C6H13NO2/c14-13-16-11-10(12(17-13)18-3-1-2-4-18)20-7-9(15-11)8-5-19-6-8;1-6(2,3)9-5(8)7-4/h8-9H,1-7H2,(H3,14,15,16,17);1-4H3,(H,7,8). The molecule has 3 aliphatic heterocycles. The molecule has 162 valence electrons. The van der Waals surface area contributed by atoms with Crippen LogP contribution in [-0.4, -0.2) is 67.7 Å². The molecule has 0 bridgehead atoms. The van der Waals surface area contributed by atoms with Crippen LogP contribution >= 0.6 is 0 Å². The smallest absolute Gasteiger partial charge is 0.407 e. The Morgan fingerprint density at radius 3 is 2.45 bits per heavy atom. The van der Waals surface area contributed by atoms with Crippen LogP contribution in [0.2, 0.25) is 0 Å². The van der Waals surface area contributed by atoms with Crippen LogP contribution < -0.4 is 26.0 Å². The lowest BCUT2D eigenvalue weighted by Crippen LogP contribution is -2.47. The zero-order chi connectivity index (χ0) is 21.0. The number of ether oxygens (including phenoxy) is 3. The molecule has 0 saturated carbocycles. The van der Waals surface area contributed by atoms with Gasteiger partial charge < -0.3 is 35.5 Å². The van der Waals surface area contributed by atoms with E-state index in [0.717, 1.165) is 43.7 Å². The van der Waals surface area contributed by atoms with Gasteiger partial charge in [0.25, 0.3) is 0 Å². The van der Waals surface area contributed by atoms with Crippen LogP contribution in [0.15, 0.2) is 0 Å². The van der Waals surface area contributed by atoms with Crippen molar-refractivity contribution in [3.8, 4) is 5.75 Å². The van der Waals surface area contributed by atoms with Crippen molar-refractivity contribution in [2.45, 2.75) is 45.3 Å². The highest BCUT2D eigenvalue weighted by Gasteiger charge is 2.35. The van der Waals surface area contributed by atoms with Gasteiger partial charge in [0.05, 0.1) is 19.3 Å². The van der Waals surface area contributed by atoms with Crippen LogP contribution in [-0.2, 0) is 9.47 Å². The monoisotopic (exact) mass is 408 g/mol. The molecule has 4 rings (SSSR count). The van der Waals surface area contributed by atoms with Crippen LogP contribution in [0, 0.1) is 5.92 Å². The predicted octanol–water partition coefficient (Wildman–Crippen LogP) is 1.62. The predicted molar refractivity (Wildman–Crippen MR) is 110 cm³/mol. The molecule has 10 heteroatoms. The van der Waals surface area contributed by atoms with Crippen molar-refractivity contribution in [2.75, 3.05) is 55.9 Å². The van der Waals surface area contributed by atoms with E-state index < -0.39 is 0 Å². The maximum Gasteiger partial charge on any atom is 0.407 e. The normalized spacial score (nSPS) is 21.0. The molecule has 0 aromatic carbocycles. The summed E-state index contributed by atoms with van der Waals surface area (Å²) in [7, 11) is 1.54. The van der Waals surface area contributed by atoms with Crippen LogP contribution in [0.3, 0.4) is 0 Å². The number of nitrogens with two attached hydrogens (primary N) is 1. The number of nitrogens with zero attached hydrogens (tertiary/aromatic N) is 3. The number of aromatic nitrogens is 2. The zero-order valence-electron chi connectivity index (χ0n) is 17.7. The van der Waals surface area contributed by atoms with Crippen molar-refractivity contribution < 1.29 is 19.0 Å². The second kappa shape index (κ2) is 8.89. The molecule has 2 saturated heterocycles. The Kier molecular flexibility index (Phi) is 6.51. The van der Waals surface area contributed by atoms with Gasteiger partial charge >= 0.3 is 6.09 Å². The third kappa shape index (κ3) is 5.53. The summed E-state index contributed by atoms with van der Waals surface area (Å²) in [6.07, 6.45) is 1.99. The van der Waals surface area contributed by atoms with Crippen molar-refractivity contribution in [3.63, 3.8) is 0 Å². The third-order valence-corrected chi connectivity index (χ3v) is 4.84. The van der Waals surface area contributed by atoms with E-state index in [1.807, 2.05) is 20.8 Å². The van der Waals surface area contributed by atoms with Gasteiger partial charge in [0.1, 0.15) is 12.2 Å². The summed E-state index contributed by atoms with van der Waals surface area (Å²) in [5, 5.41) is 5.80. The van der Waals surface area contributed by atoms with Gasteiger partial charge in [-0.15, -0.1) is 0 Å². The average Bonchev–Trinajstić information content (AvgIpc) is 3.12. The lowest BCUT2D eigenvalue weighted by atomic mass is 9.98. The molecule has 10 nitrogen and oxygen atoms in total. The first-order valence-corrected chi connectivity index (χ1v) is 10.1. The number of carbonyl (C=O) groups is 1. The Morgan fingerprint density at radius 1 is 1.24 bits per heavy atom. The summed E-state index contributed by atoms with van der Waals surface area (Å²) in [5.41, 5.74) is 5.46. The van der Waals surface area contributed by atoms with E-state index in [-0.39, 0.29) is 17.7 Å². The number of fused-ring (bicyclic) bond motifs is 1. The topological polar surface area (TPSA) is 124 Å². The number of anilines is 3. The highest BCUT2D eigenvalue weighted by molar-refractivity contribution is 5.69. The maximum absolute atomic E-state index is 10.5. The lowest BCUT2D eigenvalue weighted by molar-refractivity contribution is -0.0471. The summed E-state index contributed by atoms with van der Waals surface area (Å²) < 4.78 is 16.0. The molecule has 1 unspecified atom stereocenters. The molecule has 0 radical (unpaired) electrons. The van der Waals surface area contributed by atoms with E-state index in [1.165, 1.54) is 19.9 Å². The fourth-order valence-electron chi connectivity index (χ4n) is 3.29. The Morgan fingerprint density at radius 2 is 1.93 bits per heavy atom. The highest BCUT2D eigenvalue weighted by Crippen LogP contribution is 2.39. The zero-order valence-corrected chi connectivity index (χ0v) is 17.7. The molecule has 1 amide bonds. The fourth-order valence-corrected chi connectivity index (χ4v) is 3.29. The van der Waals surface area contributed by atoms with Crippen molar-refractivity contribution in [3.05, 3.63) is 0 Å². The van der Waals surface area contributed by atoms with E-state index in [4.69, 9.17) is 19.9 Å². The van der Waals surface area contributed by atoms with Crippen molar-refractivity contribution in [2.24, 2.45) is 5.92 Å². The van der Waals surface area contributed by atoms with E-state index in [9.17, 15) is 4.79 Å². The first-order valence-electron chi connectivity index (χ1n) is 10.1. The van der Waals surface area contributed by atoms with Gasteiger partial charge in [-0.1, -0.05) is 0 Å². The summed E-state index contributed by atoms with van der Waals surface area (Å²) in [5.74, 6) is 3.10. The Labute approximate surface area is 171 Å². The van der Waals surface area contributed by atoms with Gasteiger partial charge in [0.2, 0.25) is 11.7 Å². The maximum atomic E-state index is 10.5. The summed E-state index contributed by atoms with van der Waals surface area (Å²) in [4.78, 5) is 21.4. The van der Waals surface area contributed by atoms with E-state index in [2.05, 4.69) is 25.5 Å². The number of hydrogen-bond acceptors (Lipinski definition) is 9. The van der Waals surface area contributed by atoms with Crippen LogP contribution in [0.25, 0.3) is 0 Å². The van der Waals surface area contributed by atoms with E-state index >= 15 is 0 Å². The fraction of sp³-hybridized carbons (Fsp3) is 0.737. The van der Waals surface area contributed by atoms with Gasteiger partial charge in [0.15, 0.2) is 11.6 Å². The molecule has 1 aromatic heterocycles. The van der Waals surface area contributed by atoms with E-state index in [1.54, 1.807) is 0 Å². The SMILES string of the molecule is CNC(=O)OC(C)(C)C.Nc1nc2c(c(N3CCCC3)n1)OCC(C1COC1)N2. The lowest BCUT2D eigenvalue weighted by Gasteiger charge is -2.37. The summed E-state index contributed by atoms with van der Waals surface area (Å²) in [6.45, 7) is 9.69. The number of hydrogen-bond donors (Lipinski definition) is 3. The van der Waals surface area contributed by atoms with Crippen molar-refractivity contribution in [1.29, 1.82) is 0 Å². The molecule has 1 aromatic rings. The first kappa shape index (κ1) is 21.2. The quantitative estimate of drug-likeness (QED) is 0.669. The van der Waals surface area contributed by atoms with Gasteiger partial charge in [-0.3, -0.25) is 0 Å². The van der Waals surface area contributed by atoms with Gasteiger partial charge in [0, 0.05) is 26.1 Å². The minimum absolute atomic E-state index is 0.247. The minimum atomic E-state index is -0.389. The summed E-state index contributed by atoms with van der Waals surface area (Å²) in [6, 6.07) is 0.247. The first-order chi connectivity index (χ1) is 13.8. The molecule has 4 N–H and O–H groups in total. The Balaban J connectivity index is 0.000000229. The molecule has 4 heterocycles.